The first-order valence-electron chi connectivity index (χ1n) is 0.707. The molecule has 0 aliphatic carbocycles. The van der Waals surface area contributed by atoms with Gasteiger partial charge in [0.15, 0.2) is 0 Å². The van der Waals surface area contributed by atoms with Gasteiger partial charge in [0.1, 0.15) is 0 Å². The van der Waals surface area contributed by atoms with E-state index in [2.05, 4.69) is 0 Å². The molecule has 0 aliphatic rings. The SMILES string of the molecule is [Mo+4].[Na+].[O-]B([O-])[O-]. The molecule has 0 heterocycles. The minimum absolute atomic E-state index is 0. The monoisotopic (exact) mass is 180 g/mol. The van der Waals surface area contributed by atoms with E-state index in [-0.39, 0.29) is 50.6 Å². The summed E-state index contributed by atoms with van der Waals surface area (Å²) in [7, 11) is -2.92. The third kappa shape index (κ3) is 45.3. The molecule has 0 rings (SSSR count). The molecule has 0 aromatic heterocycles. The number of hydrogen-bond acceptors (Lipinski definition) is 3. The summed E-state index contributed by atoms with van der Waals surface area (Å²) < 4.78 is 0. The van der Waals surface area contributed by atoms with Gasteiger partial charge in [-0.15, -0.1) is 0 Å². The van der Waals surface area contributed by atoms with Crippen molar-refractivity contribution in [3.8, 4) is 0 Å². The maximum absolute atomic E-state index is 8.42. The first-order valence-corrected chi connectivity index (χ1v) is 0.707. The Labute approximate surface area is 72.5 Å². The fraction of sp³-hybridized carbons (Fsp3) is 0. The van der Waals surface area contributed by atoms with Crippen molar-refractivity contribution in [1.82, 2.24) is 0 Å². The molecule has 0 bridgehead atoms. The van der Waals surface area contributed by atoms with E-state index in [0.29, 0.717) is 0 Å². The van der Waals surface area contributed by atoms with E-state index in [1.165, 1.54) is 0 Å². The molecule has 3 nitrogen and oxygen atoms in total. The topological polar surface area (TPSA) is 69.2 Å². The Hall–Kier alpha value is 1.63. The van der Waals surface area contributed by atoms with Crippen LogP contribution in [0.15, 0.2) is 0 Å². The quantitative estimate of drug-likeness (QED) is 0.346. The van der Waals surface area contributed by atoms with Crippen LogP contribution in [0.25, 0.3) is 0 Å². The minimum Gasteiger partial charge on any atom is -0.907 e. The molecule has 26 valence electrons. The van der Waals surface area contributed by atoms with Crippen molar-refractivity contribution in [1.29, 1.82) is 0 Å². The smallest absolute Gasteiger partial charge is 0.907 e. The predicted molar refractivity (Wildman–Crippen MR) is 5.75 cm³/mol. The van der Waals surface area contributed by atoms with E-state index in [9.17, 15) is 0 Å². The van der Waals surface area contributed by atoms with Gasteiger partial charge in [-0.25, -0.2) is 0 Å². The molecule has 0 fully saturated rings. The van der Waals surface area contributed by atoms with Gasteiger partial charge in [0.2, 0.25) is 0 Å². The van der Waals surface area contributed by atoms with E-state index < -0.39 is 7.32 Å². The molecule has 0 aromatic carbocycles. The molecule has 0 aliphatic heterocycles. The van der Waals surface area contributed by atoms with Crippen LogP contribution in [-0.2, 0) is 21.1 Å². The molecule has 0 amide bonds. The van der Waals surface area contributed by atoms with Crippen molar-refractivity contribution in [2.24, 2.45) is 0 Å². The summed E-state index contributed by atoms with van der Waals surface area (Å²) in [6.07, 6.45) is 0. The van der Waals surface area contributed by atoms with Crippen LogP contribution in [0, 0.1) is 0 Å². The zero-order valence-electron chi connectivity index (χ0n) is 3.21. The third-order valence-corrected chi connectivity index (χ3v) is 0. The van der Waals surface area contributed by atoms with Gasteiger partial charge in [0, 0.05) is 0 Å². The zero-order chi connectivity index (χ0) is 3.58. The number of hydrogen-bond donors (Lipinski definition) is 0. The average Bonchev–Trinajstić information content (AvgIpc) is 0.811. The Morgan fingerprint density at radius 2 is 1.00 bits per heavy atom. The molecule has 0 N–H and O–H groups in total. The van der Waals surface area contributed by atoms with Crippen LogP contribution in [0.2, 0.25) is 0 Å². The Balaban J connectivity index is -0.0000000450. The summed E-state index contributed by atoms with van der Waals surface area (Å²) in [5.74, 6) is 0. The van der Waals surface area contributed by atoms with E-state index in [4.69, 9.17) is 15.1 Å². The van der Waals surface area contributed by atoms with Gasteiger partial charge >= 0.3 is 50.6 Å². The minimum atomic E-state index is -2.92. The molecule has 0 saturated carbocycles. The third-order valence-electron chi connectivity index (χ3n) is 0. The van der Waals surface area contributed by atoms with Gasteiger partial charge in [-0.3, -0.25) is 7.32 Å². The molecule has 6 heavy (non-hydrogen) atoms. The summed E-state index contributed by atoms with van der Waals surface area (Å²) in [4.78, 5) is 0. The first kappa shape index (κ1) is 15.6. The number of rotatable bonds is 0. The van der Waals surface area contributed by atoms with Crippen molar-refractivity contribution < 1.29 is 65.7 Å². The molecule has 0 unspecified atom stereocenters. The van der Waals surface area contributed by atoms with Crippen LogP contribution in [0.3, 0.4) is 0 Å². The van der Waals surface area contributed by atoms with Crippen LogP contribution < -0.4 is 44.6 Å². The van der Waals surface area contributed by atoms with Crippen LogP contribution >= 0.6 is 0 Å². The zero-order valence-corrected chi connectivity index (χ0v) is 7.22. The summed E-state index contributed by atoms with van der Waals surface area (Å²) >= 11 is 0. The molecule has 0 atom stereocenters. The summed E-state index contributed by atoms with van der Waals surface area (Å²) in [5, 5.41) is 25.2. The second-order valence-corrected chi connectivity index (χ2v) is 0.289. The van der Waals surface area contributed by atoms with Crippen molar-refractivity contribution in [2.45, 2.75) is 0 Å². The molecular formula is BMoNaO3+2. The second kappa shape index (κ2) is 9.81. The molecular weight excluding hydrogens is 178 g/mol. The van der Waals surface area contributed by atoms with Gasteiger partial charge in [-0.2, -0.15) is 0 Å². The van der Waals surface area contributed by atoms with Crippen LogP contribution in [-0.4, -0.2) is 7.32 Å². The van der Waals surface area contributed by atoms with Crippen LogP contribution in [0.1, 0.15) is 0 Å². The molecule has 0 spiro atoms. The Morgan fingerprint density at radius 1 is 1.00 bits per heavy atom. The first-order chi connectivity index (χ1) is 1.73. The Kier molecular flexibility index (Phi) is 25.6. The predicted octanol–water partition coefficient (Wildman–Crippen LogP) is -6.95. The largest absolute Gasteiger partial charge is 4.00 e. The Bertz CT molecular complexity index is 15.5. The molecule has 0 aromatic rings. The summed E-state index contributed by atoms with van der Waals surface area (Å²) in [6.45, 7) is 0. The molecule has 6 heteroatoms. The Morgan fingerprint density at radius 3 is 1.00 bits per heavy atom. The van der Waals surface area contributed by atoms with Crippen molar-refractivity contribution in [2.75, 3.05) is 0 Å². The van der Waals surface area contributed by atoms with Crippen molar-refractivity contribution in [3.05, 3.63) is 0 Å². The van der Waals surface area contributed by atoms with Gasteiger partial charge < -0.3 is 15.1 Å². The van der Waals surface area contributed by atoms with Crippen molar-refractivity contribution >= 4 is 7.32 Å². The van der Waals surface area contributed by atoms with Crippen LogP contribution in [0.4, 0.5) is 0 Å². The summed E-state index contributed by atoms with van der Waals surface area (Å²) in [5.41, 5.74) is 0. The normalized spacial score (nSPS) is 4.50. The van der Waals surface area contributed by atoms with Gasteiger partial charge in [-0.05, 0) is 0 Å². The standard InChI is InChI=1S/BO3.Mo.Na/c2-1(3)4;;/q-3;+4;+1. The fourth-order valence-electron chi connectivity index (χ4n) is 0. The second-order valence-electron chi connectivity index (χ2n) is 0.289. The van der Waals surface area contributed by atoms with E-state index in [0.717, 1.165) is 0 Å². The molecule has 0 radical (unpaired) electrons. The van der Waals surface area contributed by atoms with Crippen molar-refractivity contribution in [3.63, 3.8) is 0 Å². The maximum atomic E-state index is 8.42. The fourth-order valence-corrected chi connectivity index (χ4v) is 0. The van der Waals surface area contributed by atoms with Gasteiger partial charge in [0.25, 0.3) is 0 Å². The van der Waals surface area contributed by atoms with E-state index in [1.54, 1.807) is 0 Å². The van der Waals surface area contributed by atoms with E-state index in [1.807, 2.05) is 0 Å². The van der Waals surface area contributed by atoms with Gasteiger partial charge in [0.05, 0.1) is 0 Å². The van der Waals surface area contributed by atoms with E-state index >= 15 is 0 Å². The maximum Gasteiger partial charge on any atom is 4.00 e. The van der Waals surface area contributed by atoms with Gasteiger partial charge in [-0.1, -0.05) is 0 Å². The summed E-state index contributed by atoms with van der Waals surface area (Å²) in [6, 6.07) is 0. The van der Waals surface area contributed by atoms with Crippen LogP contribution in [0.5, 0.6) is 0 Å². The average molecular weight is 178 g/mol. The molecule has 0 saturated heterocycles.